The van der Waals surface area contributed by atoms with E-state index in [0.717, 1.165) is 0 Å². The molecule has 10 heteroatoms. The van der Waals surface area contributed by atoms with Crippen LogP contribution in [-0.4, -0.2) is 47.8 Å². The van der Waals surface area contributed by atoms with Crippen LogP contribution in [0.25, 0.3) is 0 Å². The van der Waals surface area contributed by atoms with E-state index in [4.69, 9.17) is 14.2 Å². The molecule has 0 saturated heterocycles. The van der Waals surface area contributed by atoms with Crippen LogP contribution in [-0.2, 0) is 17.8 Å². The first-order valence-electron chi connectivity index (χ1n) is 10.2. The Bertz CT molecular complexity index is 1080. The largest absolute Gasteiger partial charge is 0.444 e. The number of hydrogen-bond donors (Lipinski definition) is 1. The fourth-order valence-corrected chi connectivity index (χ4v) is 2.98. The molecule has 9 nitrogen and oxygen atoms in total. The predicted octanol–water partition coefficient (Wildman–Crippen LogP) is 4.75. The Morgan fingerprint density at radius 2 is 1.94 bits per heavy atom. The summed E-state index contributed by atoms with van der Waals surface area (Å²) in [5, 5.41) is 2.39. The van der Waals surface area contributed by atoms with Crippen molar-refractivity contribution >= 4 is 24.0 Å². The van der Waals surface area contributed by atoms with E-state index in [1.165, 1.54) is 28.0 Å². The van der Waals surface area contributed by atoms with Crippen LogP contribution in [0, 0.1) is 5.82 Å². The van der Waals surface area contributed by atoms with E-state index in [0.29, 0.717) is 5.56 Å². The molecule has 0 radical (unpaired) electrons. The average Bonchev–Trinajstić information content (AvgIpc) is 2.70. The molecule has 0 bridgehead atoms. The van der Waals surface area contributed by atoms with Crippen molar-refractivity contribution in [1.29, 1.82) is 0 Å². The number of rotatable bonds is 4. The number of benzene rings is 2. The van der Waals surface area contributed by atoms with Crippen molar-refractivity contribution < 1.29 is 33.0 Å². The molecule has 1 heterocycles. The van der Waals surface area contributed by atoms with Gasteiger partial charge in [-0.05, 0) is 39.0 Å². The lowest BCUT2D eigenvalue weighted by atomic mass is 10.1. The number of nitrogens with zero attached hydrogens (tertiary/aromatic N) is 2. The Hall–Kier alpha value is -3.82. The standard InChI is InChI=1S/C23H26FN3O6/c1-23(2,3)33-20(28)25-17-8-6-7-15(19(17)24)13-27-12-14-9-10-16(31-21(29)26(4)5)11-18(14)32-22(27)30/h6-11H,12-13H2,1-5H3,(H,25,28). The highest BCUT2D eigenvalue weighted by Crippen LogP contribution is 2.31. The topological polar surface area (TPSA) is 97.4 Å². The molecule has 1 N–H and O–H groups in total. The van der Waals surface area contributed by atoms with Crippen molar-refractivity contribution in [3.8, 4) is 11.5 Å². The molecular weight excluding hydrogens is 433 g/mol. The predicted molar refractivity (Wildman–Crippen MR) is 118 cm³/mol. The number of amides is 3. The summed E-state index contributed by atoms with van der Waals surface area (Å²) in [5.74, 6) is -0.172. The zero-order valence-electron chi connectivity index (χ0n) is 19.1. The van der Waals surface area contributed by atoms with Crippen molar-refractivity contribution in [3.63, 3.8) is 0 Å². The number of hydrogen-bond acceptors (Lipinski definition) is 6. The van der Waals surface area contributed by atoms with Crippen molar-refractivity contribution in [2.45, 2.75) is 39.5 Å². The molecule has 2 aromatic rings. The van der Waals surface area contributed by atoms with E-state index in [9.17, 15) is 18.8 Å². The Balaban J connectivity index is 1.72. The highest BCUT2D eigenvalue weighted by molar-refractivity contribution is 5.85. The summed E-state index contributed by atoms with van der Waals surface area (Å²) in [6, 6.07) is 9.20. The quantitative estimate of drug-likeness (QED) is 0.709. The van der Waals surface area contributed by atoms with Crippen LogP contribution in [0.15, 0.2) is 36.4 Å². The fourth-order valence-electron chi connectivity index (χ4n) is 2.98. The number of anilines is 1. The van der Waals surface area contributed by atoms with Crippen LogP contribution < -0.4 is 14.8 Å². The number of nitrogens with one attached hydrogen (secondary N) is 1. The van der Waals surface area contributed by atoms with E-state index in [1.807, 2.05) is 0 Å². The lowest BCUT2D eigenvalue weighted by Crippen LogP contribution is -2.36. The molecule has 3 amide bonds. The molecule has 2 aromatic carbocycles. The highest BCUT2D eigenvalue weighted by atomic mass is 19.1. The molecular formula is C23H26FN3O6. The molecule has 0 unspecified atom stereocenters. The third-order valence-electron chi connectivity index (χ3n) is 4.50. The second-order valence-corrected chi connectivity index (χ2v) is 8.66. The summed E-state index contributed by atoms with van der Waals surface area (Å²) in [5.41, 5.74) is 0.0800. The van der Waals surface area contributed by atoms with Crippen LogP contribution in [0.1, 0.15) is 31.9 Å². The first-order chi connectivity index (χ1) is 15.4. The second kappa shape index (κ2) is 9.35. The van der Waals surface area contributed by atoms with E-state index in [-0.39, 0.29) is 35.8 Å². The number of halogens is 1. The van der Waals surface area contributed by atoms with Crippen LogP contribution >= 0.6 is 0 Å². The first kappa shape index (κ1) is 23.8. The molecule has 0 saturated carbocycles. The summed E-state index contributed by atoms with van der Waals surface area (Å²) in [6.45, 7) is 5.20. The summed E-state index contributed by atoms with van der Waals surface area (Å²) < 4.78 is 30.7. The van der Waals surface area contributed by atoms with Crippen LogP contribution in [0.2, 0.25) is 0 Å². The minimum Gasteiger partial charge on any atom is -0.444 e. The first-order valence-corrected chi connectivity index (χ1v) is 10.2. The van der Waals surface area contributed by atoms with Crippen molar-refractivity contribution in [2.24, 2.45) is 0 Å². The van der Waals surface area contributed by atoms with Gasteiger partial charge >= 0.3 is 18.3 Å². The summed E-state index contributed by atoms with van der Waals surface area (Å²) in [4.78, 5) is 38.8. The van der Waals surface area contributed by atoms with Gasteiger partial charge in [0.05, 0.1) is 18.8 Å². The molecule has 1 aliphatic heterocycles. The molecule has 33 heavy (non-hydrogen) atoms. The zero-order valence-corrected chi connectivity index (χ0v) is 19.1. The Morgan fingerprint density at radius 1 is 1.21 bits per heavy atom. The lowest BCUT2D eigenvalue weighted by molar-refractivity contribution is 0.0635. The molecule has 176 valence electrons. The van der Waals surface area contributed by atoms with Gasteiger partial charge in [0.1, 0.15) is 17.1 Å². The second-order valence-electron chi connectivity index (χ2n) is 8.66. The van der Waals surface area contributed by atoms with Crippen molar-refractivity contribution in [3.05, 3.63) is 53.3 Å². The zero-order chi connectivity index (χ0) is 24.3. The number of fused-ring (bicyclic) bond motifs is 1. The molecule has 1 aliphatic rings. The normalized spacial score (nSPS) is 13.0. The van der Waals surface area contributed by atoms with Crippen LogP contribution in [0.3, 0.4) is 0 Å². The minimum atomic E-state index is -0.782. The van der Waals surface area contributed by atoms with E-state index in [2.05, 4.69) is 5.32 Å². The molecule has 0 fully saturated rings. The average molecular weight is 459 g/mol. The van der Waals surface area contributed by atoms with Gasteiger partial charge in [0.15, 0.2) is 5.82 Å². The summed E-state index contributed by atoms with van der Waals surface area (Å²) >= 11 is 0. The maximum Gasteiger partial charge on any atom is 0.415 e. The molecule has 0 aliphatic carbocycles. The maximum atomic E-state index is 15.0. The monoisotopic (exact) mass is 459 g/mol. The molecule has 0 spiro atoms. The third kappa shape index (κ3) is 6.12. The van der Waals surface area contributed by atoms with Gasteiger partial charge < -0.3 is 19.1 Å². The number of ether oxygens (including phenoxy) is 3. The Kier molecular flexibility index (Phi) is 6.75. The van der Waals surface area contributed by atoms with Gasteiger partial charge in [-0.3, -0.25) is 10.2 Å². The van der Waals surface area contributed by atoms with Gasteiger partial charge in [0.2, 0.25) is 0 Å². The number of carbonyl (C=O) groups is 3. The Morgan fingerprint density at radius 3 is 2.61 bits per heavy atom. The van der Waals surface area contributed by atoms with Crippen molar-refractivity contribution in [2.75, 3.05) is 19.4 Å². The fraction of sp³-hybridized carbons (Fsp3) is 0.348. The molecule has 0 aromatic heterocycles. The summed E-state index contributed by atoms with van der Waals surface area (Å²) in [6.07, 6.45) is -2.02. The van der Waals surface area contributed by atoms with Crippen LogP contribution in [0.5, 0.6) is 11.5 Å². The maximum absolute atomic E-state index is 15.0. The van der Waals surface area contributed by atoms with Gasteiger partial charge in [-0.15, -0.1) is 0 Å². The van der Waals surface area contributed by atoms with Gasteiger partial charge in [-0.1, -0.05) is 12.1 Å². The lowest BCUT2D eigenvalue weighted by Gasteiger charge is -2.28. The molecule has 0 atom stereocenters. The molecule has 3 rings (SSSR count). The van der Waals surface area contributed by atoms with Gasteiger partial charge in [0.25, 0.3) is 0 Å². The Labute approximate surface area is 191 Å². The number of carbonyl (C=O) groups excluding carboxylic acids is 3. The van der Waals surface area contributed by atoms with E-state index >= 15 is 0 Å². The SMILES string of the molecule is CN(C)C(=O)Oc1ccc2c(c1)OC(=O)N(Cc1cccc(NC(=O)OC(C)(C)C)c1F)C2. The minimum absolute atomic E-state index is 0.0557. The van der Waals surface area contributed by atoms with E-state index in [1.54, 1.807) is 53.1 Å². The smallest absolute Gasteiger partial charge is 0.415 e. The van der Waals surface area contributed by atoms with Gasteiger partial charge in [0, 0.05) is 31.3 Å². The third-order valence-corrected chi connectivity index (χ3v) is 4.50. The summed E-state index contributed by atoms with van der Waals surface area (Å²) in [7, 11) is 3.10. The van der Waals surface area contributed by atoms with Crippen molar-refractivity contribution in [1.82, 2.24) is 9.80 Å². The van der Waals surface area contributed by atoms with Gasteiger partial charge in [-0.2, -0.15) is 0 Å². The van der Waals surface area contributed by atoms with E-state index < -0.39 is 29.7 Å². The highest BCUT2D eigenvalue weighted by Gasteiger charge is 2.27. The van der Waals surface area contributed by atoms with Gasteiger partial charge in [-0.25, -0.2) is 18.8 Å². The van der Waals surface area contributed by atoms with Crippen LogP contribution in [0.4, 0.5) is 24.5 Å².